The molecule has 0 aromatic carbocycles. The zero-order chi connectivity index (χ0) is 15.4. The highest BCUT2D eigenvalue weighted by Crippen LogP contribution is 2.31. The molecule has 0 atom stereocenters. The predicted molar refractivity (Wildman–Crippen MR) is 77.8 cm³/mol. The molecule has 110 valence electrons. The minimum atomic E-state index is -1.10. The van der Waals surface area contributed by atoms with Gasteiger partial charge in [0, 0.05) is 35.9 Å². The topological polar surface area (TPSA) is 101 Å². The summed E-state index contributed by atoms with van der Waals surface area (Å²) in [6.45, 7) is 0.110. The third-order valence-corrected chi connectivity index (χ3v) is 3.03. The molecular formula is C15H12N4O3. The number of carbonyl (C=O) groups is 1. The summed E-state index contributed by atoms with van der Waals surface area (Å²) < 4.78 is 5.68. The summed E-state index contributed by atoms with van der Waals surface area (Å²) in [5, 5.41) is 10.9. The van der Waals surface area contributed by atoms with Crippen LogP contribution in [0.3, 0.4) is 0 Å². The molecule has 0 aliphatic heterocycles. The lowest BCUT2D eigenvalue weighted by Crippen LogP contribution is -2.19. The van der Waals surface area contributed by atoms with E-state index in [2.05, 4.69) is 20.3 Å². The molecule has 0 aliphatic carbocycles. The van der Waals surface area contributed by atoms with Crippen LogP contribution in [-0.4, -0.2) is 26.2 Å². The number of nitrogens with one attached hydrogen (secondary N) is 1. The van der Waals surface area contributed by atoms with Crippen LogP contribution in [0.25, 0.3) is 22.5 Å². The van der Waals surface area contributed by atoms with E-state index in [1.807, 2.05) is 6.07 Å². The van der Waals surface area contributed by atoms with Gasteiger partial charge in [0.15, 0.2) is 0 Å². The Bertz CT molecular complexity index is 786. The lowest BCUT2D eigenvalue weighted by Gasteiger charge is -2.06. The van der Waals surface area contributed by atoms with Crippen molar-refractivity contribution in [3.05, 3.63) is 55.1 Å². The van der Waals surface area contributed by atoms with Crippen LogP contribution < -0.4 is 5.32 Å². The molecule has 0 spiro atoms. The largest absolute Gasteiger partial charge is 0.465 e. The Hall–Kier alpha value is -3.22. The van der Waals surface area contributed by atoms with Gasteiger partial charge in [0.05, 0.1) is 6.54 Å². The average molecular weight is 296 g/mol. The smallest absolute Gasteiger partial charge is 0.405 e. The first-order chi connectivity index (χ1) is 10.7. The van der Waals surface area contributed by atoms with Gasteiger partial charge in [0.2, 0.25) is 0 Å². The van der Waals surface area contributed by atoms with E-state index in [9.17, 15) is 4.79 Å². The zero-order valence-corrected chi connectivity index (χ0v) is 11.4. The van der Waals surface area contributed by atoms with Crippen LogP contribution in [0.15, 0.2) is 53.7 Å². The Morgan fingerprint density at radius 3 is 2.68 bits per heavy atom. The van der Waals surface area contributed by atoms with E-state index in [1.165, 1.54) is 6.33 Å². The van der Waals surface area contributed by atoms with Gasteiger partial charge in [-0.25, -0.2) is 14.8 Å². The number of pyridine rings is 1. The Balaban J connectivity index is 1.94. The van der Waals surface area contributed by atoms with Gasteiger partial charge in [-0.05, 0) is 23.8 Å². The molecule has 3 aromatic rings. The number of aromatic nitrogens is 3. The van der Waals surface area contributed by atoms with Crippen LogP contribution in [0.4, 0.5) is 4.79 Å². The van der Waals surface area contributed by atoms with Crippen molar-refractivity contribution in [1.29, 1.82) is 0 Å². The molecule has 3 aromatic heterocycles. The summed E-state index contributed by atoms with van der Waals surface area (Å²) in [4.78, 5) is 22.7. The summed E-state index contributed by atoms with van der Waals surface area (Å²) in [7, 11) is 0. The zero-order valence-electron chi connectivity index (χ0n) is 11.4. The molecule has 0 saturated carbocycles. The van der Waals surface area contributed by atoms with Crippen LogP contribution in [0.2, 0.25) is 0 Å². The number of hydrogen-bond donors (Lipinski definition) is 2. The summed E-state index contributed by atoms with van der Waals surface area (Å²) in [5.41, 5.74) is 2.53. The molecule has 0 fully saturated rings. The van der Waals surface area contributed by atoms with Gasteiger partial charge in [0.25, 0.3) is 0 Å². The fraction of sp³-hybridized carbons (Fsp3) is 0.0667. The second-order valence-corrected chi connectivity index (χ2v) is 4.47. The first kappa shape index (κ1) is 13.7. The minimum Gasteiger partial charge on any atom is -0.465 e. The SMILES string of the molecule is O=C(O)NCc1ccc(-c2cnccc2-c2cncnc2)o1. The number of hydrogen-bond acceptors (Lipinski definition) is 5. The number of carboxylic acid groups (broad SMARTS) is 1. The van der Waals surface area contributed by atoms with E-state index in [-0.39, 0.29) is 6.54 Å². The highest BCUT2D eigenvalue weighted by Gasteiger charge is 2.12. The molecule has 22 heavy (non-hydrogen) atoms. The fourth-order valence-electron chi connectivity index (χ4n) is 2.06. The van der Waals surface area contributed by atoms with Crippen molar-refractivity contribution < 1.29 is 14.3 Å². The van der Waals surface area contributed by atoms with Crippen molar-refractivity contribution >= 4 is 6.09 Å². The third kappa shape index (κ3) is 2.93. The molecular weight excluding hydrogens is 284 g/mol. The molecule has 3 rings (SSSR count). The van der Waals surface area contributed by atoms with Gasteiger partial charge in [-0.2, -0.15) is 0 Å². The monoisotopic (exact) mass is 296 g/mol. The van der Waals surface area contributed by atoms with Gasteiger partial charge >= 0.3 is 6.09 Å². The number of furan rings is 1. The Morgan fingerprint density at radius 1 is 1.09 bits per heavy atom. The lowest BCUT2D eigenvalue weighted by atomic mass is 10.0. The number of amides is 1. The first-order valence-electron chi connectivity index (χ1n) is 6.49. The van der Waals surface area contributed by atoms with Crippen molar-refractivity contribution in [3.8, 4) is 22.5 Å². The van der Waals surface area contributed by atoms with Crippen LogP contribution >= 0.6 is 0 Å². The first-order valence-corrected chi connectivity index (χ1v) is 6.49. The molecule has 7 nitrogen and oxygen atoms in total. The van der Waals surface area contributed by atoms with E-state index in [0.29, 0.717) is 11.5 Å². The summed E-state index contributed by atoms with van der Waals surface area (Å²) in [5.74, 6) is 1.13. The van der Waals surface area contributed by atoms with Gasteiger partial charge < -0.3 is 14.8 Å². The second kappa shape index (κ2) is 6.04. The van der Waals surface area contributed by atoms with E-state index >= 15 is 0 Å². The maximum atomic E-state index is 10.5. The Kier molecular flexibility index (Phi) is 3.78. The molecule has 0 aliphatic rings. The summed E-state index contributed by atoms with van der Waals surface area (Å²) >= 11 is 0. The van der Waals surface area contributed by atoms with Gasteiger partial charge in [-0.3, -0.25) is 4.98 Å². The lowest BCUT2D eigenvalue weighted by molar-refractivity contribution is 0.193. The Labute approximate surface area is 125 Å². The molecule has 1 amide bonds. The molecule has 7 heteroatoms. The molecule has 2 N–H and O–H groups in total. The van der Waals surface area contributed by atoms with Crippen LogP contribution in [0, 0.1) is 0 Å². The molecule has 3 heterocycles. The normalized spacial score (nSPS) is 10.4. The highest BCUT2D eigenvalue weighted by molar-refractivity contribution is 5.79. The van der Waals surface area contributed by atoms with Crippen LogP contribution in [-0.2, 0) is 6.54 Å². The fourth-order valence-corrected chi connectivity index (χ4v) is 2.06. The standard InChI is InChI=1S/C15H12N4O3/c20-15(21)19-7-11-1-2-14(22-11)13-8-16-4-3-12(13)10-5-17-9-18-6-10/h1-6,8-9,19H,7H2,(H,20,21). The third-order valence-electron chi connectivity index (χ3n) is 3.03. The molecule has 0 bridgehead atoms. The molecule has 0 saturated heterocycles. The van der Waals surface area contributed by atoms with Crippen molar-refractivity contribution in [3.63, 3.8) is 0 Å². The average Bonchev–Trinajstić information content (AvgIpc) is 3.03. The van der Waals surface area contributed by atoms with Crippen LogP contribution in [0.1, 0.15) is 5.76 Å². The number of rotatable bonds is 4. The van der Waals surface area contributed by atoms with Crippen LogP contribution in [0.5, 0.6) is 0 Å². The highest BCUT2D eigenvalue weighted by atomic mass is 16.4. The maximum absolute atomic E-state index is 10.5. The van der Waals surface area contributed by atoms with Crippen molar-refractivity contribution in [2.75, 3.05) is 0 Å². The molecule has 0 unspecified atom stereocenters. The Morgan fingerprint density at radius 2 is 1.91 bits per heavy atom. The molecule has 0 radical (unpaired) electrons. The maximum Gasteiger partial charge on any atom is 0.405 e. The second-order valence-electron chi connectivity index (χ2n) is 4.47. The quantitative estimate of drug-likeness (QED) is 0.767. The summed E-state index contributed by atoms with van der Waals surface area (Å²) in [6.07, 6.45) is 7.16. The van der Waals surface area contributed by atoms with E-state index in [1.54, 1.807) is 36.9 Å². The van der Waals surface area contributed by atoms with Crippen molar-refractivity contribution in [2.45, 2.75) is 6.54 Å². The summed E-state index contributed by atoms with van der Waals surface area (Å²) in [6, 6.07) is 5.36. The van der Waals surface area contributed by atoms with Gasteiger partial charge in [-0.15, -0.1) is 0 Å². The number of nitrogens with zero attached hydrogens (tertiary/aromatic N) is 3. The van der Waals surface area contributed by atoms with Crippen molar-refractivity contribution in [2.24, 2.45) is 0 Å². The van der Waals surface area contributed by atoms with E-state index in [4.69, 9.17) is 9.52 Å². The van der Waals surface area contributed by atoms with E-state index < -0.39 is 6.09 Å². The van der Waals surface area contributed by atoms with E-state index in [0.717, 1.165) is 16.7 Å². The van der Waals surface area contributed by atoms with Gasteiger partial charge in [-0.1, -0.05) is 0 Å². The minimum absolute atomic E-state index is 0.110. The van der Waals surface area contributed by atoms with Crippen molar-refractivity contribution in [1.82, 2.24) is 20.3 Å². The predicted octanol–water partition coefficient (Wildman–Crippen LogP) is 2.57. The van der Waals surface area contributed by atoms with Gasteiger partial charge in [0.1, 0.15) is 17.8 Å².